The van der Waals surface area contributed by atoms with Crippen LogP contribution < -0.4 is 5.32 Å². The molecule has 0 bridgehead atoms. The lowest BCUT2D eigenvalue weighted by molar-refractivity contribution is -0.113. The lowest BCUT2D eigenvalue weighted by Gasteiger charge is -2.13. The fraction of sp³-hybridized carbons (Fsp3) is 0.235. The minimum absolute atomic E-state index is 0.0749. The normalized spacial score (nSPS) is 10.8. The number of para-hydroxylation sites is 1. The summed E-state index contributed by atoms with van der Waals surface area (Å²) in [5.74, 6) is 0.534. The van der Waals surface area contributed by atoms with Crippen LogP contribution in [0.25, 0.3) is 0 Å². The van der Waals surface area contributed by atoms with Gasteiger partial charge in [0.05, 0.1) is 15.8 Å². The van der Waals surface area contributed by atoms with Crippen molar-refractivity contribution in [3.05, 3.63) is 58.1 Å². The summed E-state index contributed by atoms with van der Waals surface area (Å²) in [6.45, 7) is 4.20. The summed E-state index contributed by atoms with van der Waals surface area (Å²) in [5, 5.41) is 4.08. The molecule has 1 amide bonds. The number of hydrogen-bond donors (Lipinski definition) is 1. The Bertz CT molecular complexity index is 653. The van der Waals surface area contributed by atoms with Crippen molar-refractivity contribution in [2.45, 2.75) is 24.7 Å². The van der Waals surface area contributed by atoms with Crippen molar-refractivity contribution in [3.63, 3.8) is 0 Å². The van der Waals surface area contributed by atoms with Gasteiger partial charge in [0.1, 0.15) is 0 Å². The first kappa shape index (κ1) is 17.2. The van der Waals surface area contributed by atoms with E-state index in [1.54, 1.807) is 18.2 Å². The van der Waals surface area contributed by atoms with E-state index in [9.17, 15) is 4.79 Å². The molecule has 0 atom stereocenters. The van der Waals surface area contributed by atoms with Gasteiger partial charge >= 0.3 is 0 Å². The van der Waals surface area contributed by atoms with Crippen LogP contribution in [0.3, 0.4) is 0 Å². The van der Waals surface area contributed by atoms with Crippen molar-refractivity contribution in [1.29, 1.82) is 0 Å². The van der Waals surface area contributed by atoms with Crippen LogP contribution >= 0.6 is 35.0 Å². The minimum Gasteiger partial charge on any atom is -0.325 e. The summed E-state index contributed by atoms with van der Waals surface area (Å²) in [6.07, 6.45) is 0. The number of hydrogen-bond acceptors (Lipinski definition) is 2. The second kappa shape index (κ2) is 7.91. The fourth-order valence-electron chi connectivity index (χ4n) is 2.06. The number of anilines is 1. The summed E-state index contributed by atoms with van der Waals surface area (Å²) in [4.78, 5) is 12.9. The molecule has 0 fully saturated rings. The number of benzene rings is 2. The van der Waals surface area contributed by atoms with Gasteiger partial charge in [-0.1, -0.05) is 61.3 Å². The van der Waals surface area contributed by atoms with E-state index in [-0.39, 0.29) is 11.7 Å². The molecule has 0 aromatic heterocycles. The number of thioether (sulfide) groups is 1. The van der Waals surface area contributed by atoms with Crippen molar-refractivity contribution < 1.29 is 4.79 Å². The molecular formula is C17H17Cl2NOS. The highest BCUT2D eigenvalue weighted by Gasteiger charge is 2.12. The van der Waals surface area contributed by atoms with Gasteiger partial charge in [0, 0.05) is 10.6 Å². The molecule has 5 heteroatoms. The third-order valence-corrected chi connectivity index (χ3v) is 5.11. The van der Waals surface area contributed by atoms with Gasteiger partial charge in [-0.25, -0.2) is 0 Å². The van der Waals surface area contributed by atoms with Crippen molar-refractivity contribution in [1.82, 2.24) is 0 Å². The molecule has 0 unspecified atom stereocenters. The van der Waals surface area contributed by atoms with Crippen molar-refractivity contribution in [3.8, 4) is 0 Å². The third-order valence-electron chi connectivity index (χ3n) is 3.12. The molecule has 0 aliphatic carbocycles. The number of halogens is 2. The van der Waals surface area contributed by atoms with Crippen LogP contribution in [-0.4, -0.2) is 11.7 Å². The zero-order valence-corrected chi connectivity index (χ0v) is 14.7. The van der Waals surface area contributed by atoms with Gasteiger partial charge in [-0.15, -0.1) is 11.8 Å². The Labute approximate surface area is 145 Å². The molecule has 2 nitrogen and oxygen atoms in total. The van der Waals surface area contributed by atoms with E-state index in [4.69, 9.17) is 23.2 Å². The van der Waals surface area contributed by atoms with E-state index in [0.29, 0.717) is 16.0 Å². The number of amides is 1. The first-order valence-electron chi connectivity index (χ1n) is 6.94. The Morgan fingerprint density at radius 1 is 1.09 bits per heavy atom. The molecule has 0 saturated heterocycles. The highest BCUT2D eigenvalue weighted by Crippen LogP contribution is 2.34. The molecule has 116 valence electrons. The van der Waals surface area contributed by atoms with Crippen LogP contribution in [0.1, 0.15) is 25.3 Å². The van der Waals surface area contributed by atoms with Crippen molar-refractivity contribution in [2.75, 3.05) is 11.1 Å². The number of rotatable bonds is 5. The summed E-state index contributed by atoms with van der Waals surface area (Å²) in [6, 6.07) is 13.2. The van der Waals surface area contributed by atoms with Gasteiger partial charge in [0.15, 0.2) is 0 Å². The number of carbonyl (C=O) groups excluding carboxylic acids is 1. The monoisotopic (exact) mass is 353 g/mol. The molecule has 0 heterocycles. The van der Waals surface area contributed by atoms with E-state index in [0.717, 1.165) is 16.1 Å². The van der Waals surface area contributed by atoms with Crippen LogP contribution in [0.15, 0.2) is 47.4 Å². The average molecular weight is 354 g/mol. The maximum atomic E-state index is 12.2. The van der Waals surface area contributed by atoms with E-state index < -0.39 is 0 Å². The number of nitrogens with one attached hydrogen (secondary N) is 1. The van der Waals surface area contributed by atoms with Gasteiger partial charge in [0.25, 0.3) is 0 Å². The zero-order chi connectivity index (χ0) is 16.1. The van der Waals surface area contributed by atoms with Gasteiger partial charge in [-0.3, -0.25) is 4.79 Å². The van der Waals surface area contributed by atoms with E-state index in [2.05, 4.69) is 19.2 Å². The molecule has 1 N–H and O–H groups in total. The van der Waals surface area contributed by atoms with E-state index >= 15 is 0 Å². The van der Waals surface area contributed by atoms with Crippen molar-refractivity contribution in [2.24, 2.45) is 0 Å². The highest BCUT2D eigenvalue weighted by molar-refractivity contribution is 8.00. The quantitative estimate of drug-likeness (QED) is 0.683. The molecule has 0 aliphatic rings. The van der Waals surface area contributed by atoms with Gasteiger partial charge in [-0.05, 0) is 29.7 Å². The molecule has 2 aromatic carbocycles. The average Bonchev–Trinajstić information content (AvgIpc) is 2.47. The van der Waals surface area contributed by atoms with Crippen LogP contribution in [0.5, 0.6) is 0 Å². The largest absolute Gasteiger partial charge is 0.325 e. The van der Waals surface area contributed by atoms with Crippen LogP contribution in [0.4, 0.5) is 5.69 Å². The topological polar surface area (TPSA) is 29.1 Å². The predicted molar refractivity (Wildman–Crippen MR) is 96.3 cm³/mol. The molecule has 0 saturated carbocycles. The van der Waals surface area contributed by atoms with E-state index in [1.165, 1.54) is 11.8 Å². The van der Waals surface area contributed by atoms with Crippen molar-refractivity contribution >= 4 is 46.6 Å². The second-order valence-corrected chi connectivity index (χ2v) is 6.93. The Hall–Kier alpha value is -1.16. The van der Waals surface area contributed by atoms with Gasteiger partial charge in [0.2, 0.25) is 5.91 Å². The lowest BCUT2D eigenvalue weighted by atomic mass is 10.0. The molecule has 2 aromatic rings. The Morgan fingerprint density at radius 2 is 1.73 bits per heavy atom. The van der Waals surface area contributed by atoms with Gasteiger partial charge in [-0.2, -0.15) is 0 Å². The van der Waals surface area contributed by atoms with Crippen LogP contribution in [0.2, 0.25) is 10.0 Å². The van der Waals surface area contributed by atoms with E-state index in [1.807, 2.05) is 24.3 Å². The molecule has 0 radical (unpaired) electrons. The van der Waals surface area contributed by atoms with Crippen LogP contribution in [-0.2, 0) is 4.79 Å². The fourth-order valence-corrected chi connectivity index (χ4v) is 3.54. The second-order valence-electron chi connectivity index (χ2n) is 5.13. The first-order chi connectivity index (χ1) is 10.5. The molecule has 22 heavy (non-hydrogen) atoms. The summed E-state index contributed by atoms with van der Waals surface area (Å²) in [7, 11) is 0. The SMILES string of the molecule is CC(C)c1ccccc1NC(=O)CSc1c(Cl)cccc1Cl. The standard InChI is InChI=1S/C17H17Cl2NOS/c1-11(2)12-6-3-4-9-15(12)20-16(21)10-22-17-13(18)7-5-8-14(17)19/h3-9,11H,10H2,1-2H3,(H,20,21). The van der Waals surface area contributed by atoms with Crippen LogP contribution in [0, 0.1) is 0 Å². The summed E-state index contributed by atoms with van der Waals surface area (Å²) in [5.41, 5.74) is 1.98. The first-order valence-corrected chi connectivity index (χ1v) is 8.68. The molecule has 2 rings (SSSR count). The molecule has 0 spiro atoms. The Kier molecular flexibility index (Phi) is 6.18. The summed E-state index contributed by atoms with van der Waals surface area (Å²) >= 11 is 13.5. The Morgan fingerprint density at radius 3 is 2.36 bits per heavy atom. The number of carbonyl (C=O) groups is 1. The lowest BCUT2D eigenvalue weighted by Crippen LogP contribution is -2.15. The summed E-state index contributed by atoms with van der Waals surface area (Å²) < 4.78 is 0. The molecule has 0 aliphatic heterocycles. The smallest absolute Gasteiger partial charge is 0.234 e. The third kappa shape index (κ3) is 4.42. The maximum Gasteiger partial charge on any atom is 0.234 e. The molecular weight excluding hydrogens is 337 g/mol. The van der Waals surface area contributed by atoms with Gasteiger partial charge < -0.3 is 5.32 Å². The minimum atomic E-state index is -0.0749. The maximum absolute atomic E-state index is 12.2. The highest BCUT2D eigenvalue weighted by atomic mass is 35.5. The zero-order valence-electron chi connectivity index (χ0n) is 12.4. The predicted octanol–water partition coefficient (Wildman–Crippen LogP) is 5.85. The Balaban J connectivity index is 2.02.